The first kappa shape index (κ1) is 46.9. The highest BCUT2D eigenvalue weighted by Gasteiger charge is 2.46. The number of carbonyl (C=O) groups excluding carboxylic acids is 5. The number of benzene rings is 2. The van der Waals surface area contributed by atoms with Gasteiger partial charge in [-0.15, -0.1) is 5.10 Å². The predicted molar refractivity (Wildman–Crippen MR) is 250 cm³/mol. The molecule has 2 N–H and O–H groups in total. The molecule has 5 aromatic rings. The van der Waals surface area contributed by atoms with Crippen LogP contribution in [0.25, 0.3) is 16.8 Å². The highest BCUT2D eigenvalue weighted by molar-refractivity contribution is 6.24. The number of nitrogens with one attached hydrogen (secondary N) is 2. The second-order valence-corrected chi connectivity index (χ2v) is 17.6. The highest BCUT2D eigenvalue weighted by atomic mass is 16.5. The van der Waals surface area contributed by atoms with E-state index < -0.39 is 29.7 Å². The standard InChI is InChI=1S/C50H61N9O8/c1-65-45(61)16-9-5-8-11-30-66-39-20-17-35(18-21-39)41-22-19-38-33-51-50(55-59(38)41)53-36-32-52-57(34-36)37-25-28-56(29-26-37)27-10-6-3-2-4-7-12-31-67-43-15-13-14-40-46(43)49(64)58(48(40)63)42-23-24-44(60)54-47(42)62/h13-15,17-22,32-34,37,42H,2-12,16,23-31H2,1H3,(H,53,55)(H,54,60,62). The first-order valence-corrected chi connectivity index (χ1v) is 23.9. The summed E-state index contributed by atoms with van der Waals surface area (Å²) in [6.07, 6.45) is 19.9. The van der Waals surface area contributed by atoms with Crippen molar-refractivity contribution in [3.8, 4) is 22.8 Å². The van der Waals surface area contributed by atoms with Gasteiger partial charge < -0.3 is 24.4 Å². The number of hydrogen-bond donors (Lipinski definition) is 2. The lowest BCUT2D eigenvalue weighted by Gasteiger charge is -2.32. The Morgan fingerprint density at radius 1 is 0.791 bits per heavy atom. The fourth-order valence-electron chi connectivity index (χ4n) is 9.16. The number of carbonyl (C=O) groups is 5. The molecule has 2 saturated heterocycles. The number of unbranched alkanes of at least 4 members (excludes halogenated alkanes) is 9. The van der Waals surface area contributed by atoms with Crippen LogP contribution in [0.15, 0.2) is 73.2 Å². The quantitative estimate of drug-likeness (QED) is 0.0348. The summed E-state index contributed by atoms with van der Waals surface area (Å²) in [6.45, 7) is 4.27. The third kappa shape index (κ3) is 11.9. The zero-order valence-electron chi connectivity index (χ0n) is 38.3. The van der Waals surface area contributed by atoms with Gasteiger partial charge in [0, 0.05) is 37.7 Å². The molecule has 6 heterocycles. The number of esters is 1. The minimum Gasteiger partial charge on any atom is -0.494 e. The van der Waals surface area contributed by atoms with Crippen LogP contribution in [0.2, 0.25) is 0 Å². The van der Waals surface area contributed by atoms with Gasteiger partial charge in [-0.2, -0.15) is 5.10 Å². The van der Waals surface area contributed by atoms with Crippen molar-refractivity contribution < 1.29 is 38.2 Å². The van der Waals surface area contributed by atoms with E-state index in [2.05, 4.69) is 25.2 Å². The van der Waals surface area contributed by atoms with Crippen LogP contribution in [0.4, 0.5) is 11.6 Å². The molecule has 3 aliphatic heterocycles. The molecule has 67 heavy (non-hydrogen) atoms. The van der Waals surface area contributed by atoms with Gasteiger partial charge >= 0.3 is 5.97 Å². The number of fused-ring (bicyclic) bond motifs is 2. The molecule has 0 spiro atoms. The summed E-state index contributed by atoms with van der Waals surface area (Å²) in [5.74, 6) is -0.595. The van der Waals surface area contributed by atoms with Crippen molar-refractivity contribution in [2.75, 3.05) is 45.3 Å². The van der Waals surface area contributed by atoms with Gasteiger partial charge in [0.1, 0.15) is 17.5 Å². The smallest absolute Gasteiger partial charge is 0.305 e. The zero-order valence-corrected chi connectivity index (χ0v) is 38.3. The molecule has 17 nitrogen and oxygen atoms in total. The molecule has 8 rings (SSSR count). The Labute approximate surface area is 390 Å². The van der Waals surface area contributed by atoms with E-state index in [0.717, 1.165) is 117 Å². The number of rotatable bonds is 24. The fraction of sp³-hybridized carbons (Fsp3) is 0.480. The van der Waals surface area contributed by atoms with Gasteiger partial charge in [-0.3, -0.25) is 38.9 Å². The lowest BCUT2D eigenvalue weighted by Crippen LogP contribution is -2.54. The van der Waals surface area contributed by atoms with Crippen molar-refractivity contribution in [2.24, 2.45) is 0 Å². The molecule has 0 aliphatic carbocycles. The van der Waals surface area contributed by atoms with Crippen LogP contribution in [0.1, 0.15) is 129 Å². The second-order valence-electron chi connectivity index (χ2n) is 17.6. The number of hydrogen-bond acceptors (Lipinski definition) is 13. The summed E-state index contributed by atoms with van der Waals surface area (Å²) in [4.78, 5) is 69.7. The molecule has 3 aromatic heterocycles. The lowest BCUT2D eigenvalue weighted by atomic mass is 10.0. The monoisotopic (exact) mass is 915 g/mol. The number of nitrogens with zero attached hydrogens (tertiary/aromatic N) is 7. The Kier molecular flexibility index (Phi) is 15.9. The Balaban J connectivity index is 0.690. The third-order valence-electron chi connectivity index (χ3n) is 12.9. The van der Waals surface area contributed by atoms with Crippen molar-refractivity contribution in [2.45, 2.75) is 115 Å². The summed E-state index contributed by atoms with van der Waals surface area (Å²) < 4.78 is 20.6. The summed E-state index contributed by atoms with van der Waals surface area (Å²) in [5, 5.41) is 15.1. The van der Waals surface area contributed by atoms with Crippen molar-refractivity contribution in [3.05, 3.63) is 84.3 Å². The van der Waals surface area contributed by atoms with Crippen LogP contribution >= 0.6 is 0 Å². The molecular weight excluding hydrogens is 855 g/mol. The normalized spacial score (nSPS) is 16.7. The predicted octanol–water partition coefficient (Wildman–Crippen LogP) is 7.69. The average molecular weight is 916 g/mol. The van der Waals surface area contributed by atoms with Crippen LogP contribution in [0.5, 0.6) is 11.5 Å². The Morgan fingerprint density at radius 2 is 1.52 bits per heavy atom. The summed E-state index contributed by atoms with van der Waals surface area (Å²) in [5.41, 5.74) is 4.14. The molecule has 0 radical (unpaired) electrons. The SMILES string of the molecule is COC(=O)CCCCCCOc1ccc(-c2ccc3cnc(Nc4cnn(C5CCN(CCCCCCCCCOc6cccc7c6C(=O)N(C6CCC(=O)NC6=O)C7=O)CC5)c4)nn23)cc1. The van der Waals surface area contributed by atoms with E-state index >= 15 is 0 Å². The molecular formula is C50H61N9O8. The van der Waals surface area contributed by atoms with Crippen LogP contribution in [0.3, 0.4) is 0 Å². The van der Waals surface area contributed by atoms with E-state index in [1.807, 2.05) is 59.5 Å². The van der Waals surface area contributed by atoms with Gasteiger partial charge in [0.25, 0.3) is 11.8 Å². The molecule has 354 valence electrons. The minimum absolute atomic E-state index is 0.0797. The summed E-state index contributed by atoms with van der Waals surface area (Å²) in [6, 6.07) is 16.4. The molecule has 2 fully saturated rings. The van der Waals surface area contributed by atoms with Gasteiger partial charge in [-0.1, -0.05) is 51.0 Å². The van der Waals surface area contributed by atoms with E-state index in [1.54, 1.807) is 18.2 Å². The van der Waals surface area contributed by atoms with E-state index in [1.165, 1.54) is 26.4 Å². The van der Waals surface area contributed by atoms with Crippen LogP contribution in [-0.2, 0) is 19.1 Å². The van der Waals surface area contributed by atoms with Crippen LogP contribution in [-0.4, -0.2) is 110 Å². The molecule has 0 bridgehead atoms. The third-order valence-corrected chi connectivity index (χ3v) is 12.9. The molecule has 0 saturated carbocycles. The number of likely N-dealkylation sites (tertiary alicyclic amines) is 1. The highest BCUT2D eigenvalue weighted by Crippen LogP contribution is 2.34. The van der Waals surface area contributed by atoms with Crippen molar-refractivity contribution >= 4 is 46.8 Å². The number of aromatic nitrogens is 5. The molecule has 17 heteroatoms. The Bertz CT molecular complexity index is 2510. The van der Waals surface area contributed by atoms with E-state index in [4.69, 9.17) is 24.4 Å². The number of methoxy groups -OCH3 is 1. The summed E-state index contributed by atoms with van der Waals surface area (Å²) >= 11 is 0. The number of ether oxygens (including phenoxy) is 3. The maximum absolute atomic E-state index is 13.3. The van der Waals surface area contributed by atoms with Crippen LogP contribution in [0, 0.1) is 0 Å². The second kappa shape index (κ2) is 22.7. The van der Waals surface area contributed by atoms with Gasteiger partial charge in [0.15, 0.2) is 0 Å². The lowest BCUT2D eigenvalue weighted by molar-refractivity contribution is -0.141. The van der Waals surface area contributed by atoms with E-state index in [-0.39, 0.29) is 29.9 Å². The topological polar surface area (TPSA) is 192 Å². The van der Waals surface area contributed by atoms with E-state index in [0.29, 0.717) is 37.4 Å². The van der Waals surface area contributed by atoms with E-state index in [9.17, 15) is 24.0 Å². The van der Waals surface area contributed by atoms with Crippen molar-refractivity contribution in [1.29, 1.82) is 0 Å². The van der Waals surface area contributed by atoms with Crippen molar-refractivity contribution in [1.82, 2.24) is 39.5 Å². The van der Waals surface area contributed by atoms with Gasteiger partial charge in [-0.25, -0.2) is 9.50 Å². The van der Waals surface area contributed by atoms with Gasteiger partial charge in [0.2, 0.25) is 17.8 Å². The molecule has 3 aliphatic rings. The minimum atomic E-state index is -0.999. The Morgan fingerprint density at radius 3 is 2.28 bits per heavy atom. The first-order chi connectivity index (χ1) is 32.7. The number of piperidine rings is 2. The van der Waals surface area contributed by atoms with Crippen molar-refractivity contribution in [3.63, 3.8) is 0 Å². The number of amides is 4. The van der Waals surface area contributed by atoms with Gasteiger partial charge in [0.05, 0.1) is 66.8 Å². The largest absolute Gasteiger partial charge is 0.494 e. The Hall–Kier alpha value is -6.62. The zero-order chi connectivity index (χ0) is 46.5. The first-order valence-electron chi connectivity index (χ1n) is 23.9. The molecule has 2 aromatic carbocycles. The summed E-state index contributed by atoms with van der Waals surface area (Å²) in [7, 11) is 1.42. The average Bonchev–Trinajstić information content (AvgIpc) is 4.06. The maximum atomic E-state index is 13.3. The fourth-order valence-corrected chi connectivity index (χ4v) is 9.16. The van der Waals surface area contributed by atoms with Gasteiger partial charge in [-0.05, 0) is 100 Å². The number of anilines is 2. The molecule has 1 unspecified atom stereocenters. The maximum Gasteiger partial charge on any atom is 0.305 e. The van der Waals surface area contributed by atoms with Crippen LogP contribution < -0.4 is 20.1 Å². The number of imide groups is 2. The molecule has 1 atom stereocenters. The molecule has 4 amide bonds.